The quantitative estimate of drug-likeness (QED) is 0.130. The second-order valence-electron chi connectivity index (χ2n) is 10.7. The summed E-state index contributed by atoms with van der Waals surface area (Å²) in [5, 5.41) is 0. The van der Waals surface area contributed by atoms with E-state index in [1.807, 2.05) is 18.5 Å². The number of ether oxygens (including phenoxy) is 1. The molecule has 1 aliphatic rings. The van der Waals surface area contributed by atoms with Gasteiger partial charge in [0.25, 0.3) is 0 Å². The second kappa shape index (κ2) is 17.1. The lowest BCUT2D eigenvalue weighted by molar-refractivity contribution is -0.144. The maximum Gasteiger partial charge on any atom is 0.330 e. The summed E-state index contributed by atoms with van der Waals surface area (Å²) in [5.74, 6) is 1.15. The fourth-order valence-electron chi connectivity index (χ4n) is 5.23. The predicted octanol–water partition coefficient (Wildman–Crippen LogP) is 9.14. The molecule has 3 rings (SSSR count). The van der Waals surface area contributed by atoms with Gasteiger partial charge < -0.3 is 4.74 Å². The number of carbonyl (C=O) groups excluding carboxylic acids is 1. The molecule has 1 heterocycles. The van der Waals surface area contributed by atoms with Crippen LogP contribution in [0.4, 0.5) is 0 Å². The van der Waals surface area contributed by atoms with Crippen molar-refractivity contribution >= 4 is 5.97 Å². The van der Waals surface area contributed by atoms with Crippen LogP contribution in [-0.4, -0.2) is 22.0 Å². The predicted molar refractivity (Wildman–Crippen MR) is 154 cm³/mol. The summed E-state index contributed by atoms with van der Waals surface area (Å²) < 4.78 is 5.72. The SMILES string of the molecule is CCCCCCCCC/C=C/C(=O)OC1CCC(c2ccc(-c3ncc(CCCCC)cn3)cc2)CC1. The van der Waals surface area contributed by atoms with E-state index in [-0.39, 0.29) is 12.1 Å². The average Bonchev–Trinajstić information content (AvgIpc) is 2.93. The maximum absolute atomic E-state index is 12.2. The zero-order valence-corrected chi connectivity index (χ0v) is 23.3. The molecule has 0 radical (unpaired) electrons. The molecule has 0 spiro atoms. The number of rotatable bonds is 16. The van der Waals surface area contributed by atoms with Crippen molar-refractivity contribution in [2.45, 2.75) is 129 Å². The van der Waals surface area contributed by atoms with Gasteiger partial charge in [-0.05, 0) is 68.4 Å². The van der Waals surface area contributed by atoms with Gasteiger partial charge in [0.2, 0.25) is 0 Å². The lowest BCUT2D eigenvalue weighted by Crippen LogP contribution is -2.23. The number of nitrogens with zero attached hydrogens (tertiary/aromatic N) is 2. The van der Waals surface area contributed by atoms with Crippen LogP contribution < -0.4 is 0 Å². The second-order valence-corrected chi connectivity index (χ2v) is 10.7. The van der Waals surface area contributed by atoms with Crippen molar-refractivity contribution in [1.29, 1.82) is 0 Å². The van der Waals surface area contributed by atoms with E-state index < -0.39 is 0 Å². The molecule has 0 aliphatic heterocycles. The minimum absolute atomic E-state index is 0.0514. The van der Waals surface area contributed by atoms with E-state index in [0.29, 0.717) is 5.92 Å². The standard InChI is InChI=1S/C33H48N2O2/c1-3-5-7-8-9-10-11-12-14-16-32(36)37-31-23-21-29(22-24-31)28-17-19-30(20-18-28)33-34-25-27(26-35-33)15-13-6-4-2/h14,16-20,25-26,29,31H,3-13,15,21-24H2,1-2H3/b16-14+. The van der Waals surface area contributed by atoms with Gasteiger partial charge in [-0.3, -0.25) is 0 Å². The Morgan fingerprint density at radius 2 is 1.46 bits per heavy atom. The van der Waals surface area contributed by atoms with Crippen molar-refractivity contribution < 1.29 is 9.53 Å². The zero-order valence-electron chi connectivity index (χ0n) is 23.3. The number of hydrogen-bond acceptors (Lipinski definition) is 4. The molecule has 0 unspecified atom stereocenters. The van der Waals surface area contributed by atoms with Gasteiger partial charge in [-0.25, -0.2) is 14.8 Å². The molecule has 37 heavy (non-hydrogen) atoms. The first-order valence-corrected chi connectivity index (χ1v) is 15.0. The molecule has 1 aromatic heterocycles. The summed E-state index contributed by atoms with van der Waals surface area (Å²) in [5.41, 5.74) is 3.64. The number of aryl methyl sites for hydroxylation is 1. The molecule has 4 heteroatoms. The van der Waals surface area contributed by atoms with Crippen LogP contribution in [0.2, 0.25) is 0 Å². The Morgan fingerprint density at radius 1 is 0.838 bits per heavy atom. The normalized spacial score (nSPS) is 17.8. The van der Waals surface area contributed by atoms with Crippen LogP contribution in [0, 0.1) is 0 Å². The topological polar surface area (TPSA) is 52.1 Å². The molecule has 0 amide bonds. The fraction of sp³-hybridized carbons (Fsp3) is 0.606. The minimum Gasteiger partial charge on any atom is -0.459 e. The van der Waals surface area contributed by atoms with E-state index in [1.165, 1.54) is 68.9 Å². The van der Waals surface area contributed by atoms with Crippen molar-refractivity contribution in [3.63, 3.8) is 0 Å². The van der Waals surface area contributed by atoms with E-state index in [4.69, 9.17) is 4.74 Å². The van der Waals surface area contributed by atoms with Gasteiger partial charge in [-0.15, -0.1) is 0 Å². The van der Waals surface area contributed by atoms with Gasteiger partial charge in [0.15, 0.2) is 5.82 Å². The Bertz CT molecular complexity index is 912. The van der Waals surface area contributed by atoms with Crippen LogP contribution >= 0.6 is 0 Å². The van der Waals surface area contributed by atoms with E-state index in [1.54, 1.807) is 6.08 Å². The first-order valence-electron chi connectivity index (χ1n) is 15.0. The lowest BCUT2D eigenvalue weighted by atomic mass is 9.82. The van der Waals surface area contributed by atoms with Gasteiger partial charge in [0.1, 0.15) is 6.10 Å². The van der Waals surface area contributed by atoms with E-state index in [9.17, 15) is 4.79 Å². The van der Waals surface area contributed by atoms with Gasteiger partial charge >= 0.3 is 5.97 Å². The van der Waals surface area contributed by atoms with Crippen LogP contribution in [0.5, 0.6) is 0 Å². The third-order valence-corrected chi connectivity index (χ3v) is 7.60. The average molecular weight is 505 g/mol. The highest BCUT2D eigenvalue weighted by molar-refractivity contribution is 5.82. The fourth-order valence-corrected chi connectivity index (χ4v) is 5.23. The molecule has 0 atom stereocenters. The highest BCUT2D eigenvalue weighted by Crippen LogP contribution is 2.34. The number of benzene rings is 1. The number of hydrogen-bond donors (Lipinski definition) is 0. The van der Waals surface area contributed by atoms with Gasteiger partial charge in [0, 0.05) is 24.0 Å². The number of allylic oxidation sites excluding steroid dienone is 1. The van der Waals surface area contributed by atoms with Crippen LogP contribution in [0.15, 0.2) is 48.8 Å². The Kier molecular flexibility index (Phi) is 13.4. The molecule has 2 aromatic rings. The summed E-state index contributed by atoms with van der Waals surface area (Å²) >= 11 is 0. The molecule has 1 fully saturated rings. The van der Waals surface area contributed by atoms with Crippen LogP contribution in [-0.2, 0) is 16.0 Å². The number of unbranched alkanes of at least 4 members (excludes halogenated alkanes) is 9. The summed E-state index contributed by atoms with van der Waals surface area (Å²) in [7, 11) is 0. The van der Waals surface area contributed by atoms with E-state index >= 15 is 0 Å². The van der Waals surface area contributed by atoms with Crippen LogP contribution in [0.1, 0.15) is 127 Å². The molecule has 0 N–H and O–H groups in total. The van der Waals surface area contributed by atoms with Crippen molar-refractivity contribution in [2.75, 3.05) is 0 Å². The van der Waals surface area contributed by atoms with Crippen LogP contribution in [0.25, 0.3) is 11.4 Å². The lowest BCUT2D eigenvalue weighted by Gasteiger charge is -2.28. The number of aromatic nitrogens is 2. The largest absolute Gasteiger partial charge is 0.459 e. The van der Waals surface area contributed by atoms with Crippen molar-refractivity contribution in [2.24, 2.45) is 0 Å². The molecule has 1 aromatic carbocycles. The molecular formula is C33H48N2O2. The molecule has 0 bridgehead atoms. The van der Waals surface area contributed by atoms with Gasteiger partial charge in [0.05, 0.1) is 0 Å². The zero-order chi connectivity index (χ0) is 26.1. The first kappa shape index (κ1) is 29.1. The highest BCUT2D eigenvalue weighted by Gasteiger charge is 2.24. The number of carbonyl (C=O) groups is 1. The van der Waals surface area contributed by atoms with Crippen LogP contribution in [0.3, 0.4) is 0 Å². The molecule has 1 saturated carbocycles. The third-order valence-electron chi connectivity index (χ3n) is 7.60. The third kappa shape index (κ3) is 10.8. The van der Waals surface area contributed by atoms with Gasteiger partial charge in [-0.1, -0.05) is 95.6 Å². The molecule has 1 aliphatic carbocycles. The van der Waals surface area contributed by atoms with E-state index in [0.717, 1.165) is 56.3 Å². The minimum atomic E-state index is -0.174. The first-order chi connectivity index (χ1) is 18.2. The monoisotopic (exact) mass is 504 g/mol. The summed E-state index contributed by atoms with van der Waals surface area (Å²) in [4.78, 5) is 21.4. The molecule has 4 nitrogen and oxygen atoms in total. The maximum atomic E-state index is 12.2. The van der Waals surface area contributed by atoms with Crippen molar-refractivity contribution in [1.82, 2.24) is 9.97 Å². The molecule has 0 saturated heterocycles. The Hall–Kier alpha value is -2.49. The highest BCUT2D eigenvalue weighted by atomic mass is 16.5. The van der Waals surface area contributed by atoms with Crippen molar-refractivity contribution in [3.05, 3.63) is 59.9 Å². The number of esters is 1. The van der Waals surface area contributed by atoms with E-state index in [2.05, 4.69) is 48.1 Å². The molecule has 202 valence electrons. The molecular weight excluding hydrogens is 456 g/mol. The Labute approximate surface area is 225 Å². The Balaban J connectivity index is 1.34. The van der Waals surface area contributed by atoms with Gasteiger partial charge in [-0.2, -0.15) is 0 Å². The summed E-state index contributed by atoms with van der Waals surface area (Å²) in [6.45, 7) is 4.47. The Morgan fingerprint density at radius 3 is 2.14 bits per heavy atom. The smallest absolute Gasteiger partial charge is 0.330 e. The van der Waals surface area contributed by atoms with Crippen molar-refractivity contribution in [3.8, 4) is 11.4 Å². The summed E-state index contributed by atoms with van der Waals surface area (Å²) in [6, 6.07) is 8.72. The summed E-state index contributed by atoms with van der Waals surface area (Å²) in [6.07, 6.45) is 26.4.